The van der Waals surface area contributed by atoms with Gasteiger partial charge in [0.25, 0.3) is 0 Å². The smallest absolute Gasteiger partial charge is 0.406 e. The van der Waals surface area contributed by atoms with Crippen LogP contribution >= 0.6 is 0 Å². The maximum absolute atomic E-state index is 10.8. The van der Waals surface area contributed by atoms with Crippen molar-refractivity contribution in [2.24, 2.45) is 5.41 Å². The van der Waals surface area contributed by atoms with E-state index in [4.69, 9.17) is 0 Å². The monoisotopic (exact) mass is 186 g/mol. The summed E-state index contributed by atoms with van der Waals surface area (Å²) < 4.78 is 4.52. The molecule has 76 valence electrons. The molecular formula is C9H18N2O2. The van der Waals surface area contributed by atoms with E-state index in [9.17, 15) is 4.79 Å². The number of methoxy groups -OCH3 is 1. The number of carbonyl (C=O) groups is 1. The van der Waals surface area contributed by atoms with Gasteiger partial charge in [-0.2, -0.15) is 0 Å². The first kappa shape index (κ1) is 10.3. The van der Waals surface area contributed by atoms with Crippen molar-refractivity contribution in [3.63, 3.8) is 0 Å². The summed E-state index contributed by atoms with van der Waals surface area (Å²) in [6, 6.07) is 0. The minimum atomic E-state index is -0.334. The van der Waals surface area contributed by atoms with Crippen molar-refractivity contribution >= 4 is 6.09 Å². The fraction of sp³-hybridized carbons (Fsp3) is 0.889. The van der Waals surface area contributed by atoms with Gasteiger partial charge >= 0.3 is 6.09 Å². The third kappa shape index (κ3) is 3.22. The highest BCUT2D eigenvalue weighted by Gasteiger charge is 2.26. The van der Waals surface area contributed by atoms with Gasteiger partial charge in [0.1, 0.15) is 0 Å². The van der Waals surface area contributed by atoms with Crippen LogP contribution in [0, 0.1) is 5.41 Å². The Kier molecular flexibility index (Phi) is 3.54. The minimum absolute atomic E-state index is 0.236. The van der Waals surface area contributed by atoms with Gasteiger partial charge < -0.3 is 15.4 Å². The molecule has 1 aliphatic rings. The standard InChI is InChI=1S/C9H18N2O2/c1-9(3-5-10-6-4-9)7-11-8(12)13-2/h10H,3-7H2,1-2H3,(H,11,12). The van der Waals surface area contributed by atoms with Crippen LogP contribution in [0.4, 0.5) is 4.79 Å². The maximum Gasteiger partial charge on any atom is 0.406 e. The summed E-state index contributed by atoms with van der Waals surface area (Å²) in [6.45, 7) is 4.99. The lowest BCUT2D eigenvalue weighted by atomic mass is 9.81. The third-order valence-electron chi connectivity index (χ3n) is 2.66. The van der Waals surface area contributed by atoms with Gasteiger partial charge in [-0.3, -0.25) is 0 Å². The average Bonchev–Trinajstić information content (AvgIpc) is 2.15. The highest BCUT2D eigenvalue weighted by Crippen LogP contribution is 2.26. The second-order valence-corrected chi connectivity index (χ2v) is 3.91. The number of rotatable bonds is 2. The number of nitrogens with one attached hydrogen (secondary N) is 2. The predicted molar refractivity (Wildman–Crippen MR) is 50.6 cm³/mol. The number of hydrogen-bond donors (Lipinski definition) is 2. The minimum Gasteiger partial charge on any atom is -0.453 e. The lowest BCUT2D eigenvalue weighted by Gasteiger charge is -2.33. The SMILES string of the molecule is COC(=O)NCC1(C)CCNCC1. The Hall–Kier alpha value is -0.770. The fourth-order valence-corrected chi connectivity index (χ4v) is 1.56. The molecule has 1 saturated heterocycles. The molecule has 0 atom stereocenters. The first-order valence-corrected chi connectivity index (χ1v) is 4.69. The van der Waals surface area contributed by atoms with Gasteiger partial charge in [-0.05, 0) is 31.3 Å². The summed E-state index contributed by atoms with van der Waals surface area (Å²) >= 11 is 0. The summed E-state index contributed by atoms with van der Waals surface area (Å²) in [4.78, 5) is 10.8. The predicted octanol–water partition coefficient (Wildman–Crippen LogP) is 0.732. The summed E-state index contributed by atoms with van der Waals surface area (Å²) in [5.74, 6) is 0. The molecule has 0 bridgehead atoms. The molecule has 0 radical (unpaired) electrons. The number of carbonyl (C=O) groups excluding carboxylic acids is 1. The molecule has 0 unspecified atom stereocenters. The molecule has 0 aromatic rings. The summed E-state index contributed by atoms with van der Waals surface area (Å²) in [6.07, 6.45) is 1.88. The quantitative estimate of drug-likeness (QED) is 0.668. The van der Waals surface area contributed by atoms with Crippen LogP contribution in [0.1, 0.15) is 19.8 Å². The molecule has 0 saturated carbocycles. The van der Waals surface area contributed by atoms with Crippen LogP contribution in [-0.4, -0.2) is 32.8 Å². The lowest BCUT2D eigenvalue weighted by Crippen LogP contribution is -2.42. The zero-order chi connectivity index (χ0) is 9.73. The lowest BCUT2D eigenvalue weighted by molar-refractivity contribution is 0.156. The number of piperidine rings is 1. The van der Waals surface area contributed by atoms with E-state index in [0.717, 1.165) is 25.9 Å². The summed E-state index contributed by atoms with van der Waals surface area (Å²) in [7, 11) is 1.39. The number of hydrogen-bond acceptors (Lipinski definition) is 3. The van der Waals surface area contributed by atoms with Crippen LogP contribution in [-0.2, 0) is 4.74 Å². The molecule has 4 nitrogen and oxygen atoms in total. The summed E-state index contributed by atoms with van der Waals surface area (Å²) in [5.41, 5.74) is 0.236. The van der Waals surface area contributed by atoms with Crippen LogP contribution in [0.5, 0.6) is 0 Å². The second-order valence-electron chi connectivity index (χ2n) is 3.91. The Labute approximate surface area is 79.0 Å². The zero-order valence-electron chi connectivity index (χ0n) is 8.35. The number of alkyl carbamates (subject to hydrolysis) is 1. The third-order valence-corrected chi connectivity index (χ3v) is 2.66. The molecule has 4 heteroatoms. The molecular weight excluding hydrogens is 168 g/mol. The van der Waals surface area contributed by atoms with Crippen molar-refractivity contribution < 1.29 is 9.53 Å². The van der Waals surface area contributed by atoms with E-state index >= 15 is 0 Å². The Bertz CT molecular complexity index is 176. The van der Waals surface area contributed by atoms with Gasteiger partial charge in [0.15, 0.2) is 0 Å². The molecule has 1 fully saturated rings. The van der Waals surface area contributed by atoms with E-state index in [2.05, 4.69) is 22.3 Å². The van der Waals surface area contributed by atoms with Crippen LogP contribution in [0.2, 0.25) is 0 Å². The van der Waals surface area contributed by atoms with E-state index in [1.807, 2.05) is 0 Å². The zero-order valence-corrected chi connectivity index (χ0v) is 8.35. The molecule has 1 rings (SSSR count). The van der Waals surface area contributed by atoms with E-state index in [1.165, 1.54) is 7.11 Å². The molecule has 1 aliphatic heterocycles. The average molecular weight is 186 g/mol. The summed E-state index contributed by atoms with van der Waals surface area (Å²) in [5, 5.41) is 6.05. The topological polar surface area (TPSA) is 50.4 Å². The van der Waals surface area contributed by atoms with Gasteiger partial charge in [-0.1, -0.05) is 6.92 Å². The van der Waals surface area contributed by atoms with Crippen molar-refractivity contribution in [1.29, 1.82) is 0 Å². The van der Waals surface area contributed by atoms with Crippen molar-refractivity contribution in [3.05, 3.63) is 0 Å². The van der Waals surface area contributed by atoms with Crippen molar-refractivity contribution in [2.45, 2.75) is 19.8 Å². The van der Waals surface area contributed by atoms with E-state index in [1.54, 1.807) is 0 Å². The fourth-order valence-electron chi connectivity index (χ4n) is 1.56. The van der Waals surface area contributed by atoms with Crippen LogP contribution in [0.15, 0.2) is 0 Å². The second kappa shape index (κ2) is 4.46. The molecule has 1 heterocycles. The molecule has 0 aliphatic carbocycles. The number of amides is 1. The van der Waals surface area contributed by atoms with Gasteiger partial charge in [0.05, 0.1) is 7.11 Å². The van der Waals surface area contributed by atoms with E-state index < -0.39 is 0 Å². The highest BCUT2D eigenvalue weighted by molar-refractivity contribution is 5.66. The van der Waals surface area contributed by atoms with E-state index in [0.29, 0.717) is 6.54 Å². The van der Waals surface area contributed by atoms with Gasteiger partial charge in [-0.15, -0.1) is 0 Å². The molecule has 1 amide bonds. The number of ether oxygens (including phenoxy) is 1. The van der Waals surface area contributed by atoms with Crippen molar-refractivity contribution in [3.8, 4) is 0 Å². The normalized spacial score (nSPS) is 20.8. The van der Waals surface area contributed by atoms with Crippen LogP contribution in [0.25, 0.3) is 0 Å². The molecule has 13 heavy (non-hydrogen) atoms. The molecule has 0 aromatic heterocycles. The van der Waals surface area contributed by atoms with E-state index in [-0.39, 0.29) is 11.5 Å². The largest absolute Gasteiger partial charge is 0.453 e. The molecule has 0 spiro atoms. The Morgan fingerprint density at radius 3 is 2.69 bits per heavy atom. The maximum atomic E-state index is 10.8. The van der Waals surface area contributed by atoms with Crippen LogP contribution < -0.4 is 10.6 Å². The van der Waals surface area contributed by atoms with Gasteiger partial charge in [-0.25, -0.2) is 4.79 Å². The first-order valence-electron chi connectivity index (χ1n) is 4.69. The Morgan fingerprint density at radius 2 is 2.15 bits per heavy atom. The van der Waals surface area contributed by atoms with Gasteiger partial charge in [0, 0.05) is 6.54 Å². The first-order chi connectivity index (χ1) is 6.16. The molecule has 2 N–H and O–H groups in total. The van der Waals surface area contributed by atoms with Crippen LogP contribution in [0.3, 0.4) is 0 Å². The molecule has 0 aromatic carbocycles. The van der Waals surface area contributed by atoms with Gasteiger partial charge in [0.2, 0.25) is 0 Å². The Morgan fingerprint density at radius 1 is 1.54 bits per heavy atom. The highest BCUT2D eigenvalue weighted by atomic mass is 16.5. The van der Waals surface area contributed by atoms with Crippen molar-refractivity contribution in [1.82, 2.24) is 10.6 Å². The Balaban J connectivity index is 2.28. The van der Waals surface area contributed by atoms with Crippen molar-refractivity contribution in [2.75, 3.05) is 26.7 Å².